The van der Waals surface area contributed by atoms with E-state index < -0.39 is 0 Å². The molecule has 0 fully saturated rings. The molecule has 0 unspecified atom stereocenters. The van der Waals surface area contributed by atoms with Crippen molar-refractivity contribution in [2.24, 2.45) is 0 Å². The van der Waals surface area contributed by atoms with Crippen LogP contribution in [-0.2, 0) is 16.1 Å². The van der Waals surface area contributed by atoms with Crippen LogP contribution in [0.1, 0.15) is 11.1 Å². The molecule has 1 amide bonds. The number of carbonyl (C=O) groups is 1. The lowest BCUT2D eigenvalue weighted by atomic mass is 10.1. The topological polar surface area (TPSA) is 64.3 Å². The molecule has 15 heavy (non-hydrogen) atoms. The van der Waals surface area contributed by atoms with E-state index in [2.05, 4.69) is 5.32 Å². The van der Waals surface area contributed by atoms with E-state index in [0.29, 0.717) is 6.54 Å². The van der Waals surface area contributed by atoms with Crippen molar-refractivity contribution in [2.75, 3.05) is 19.5 Å². The van der Waals surface area contributed by atoms with Gasteiger partial charge < -0.3 is 15.8 Å². The highest BCUT2D eigenvalue weighted by Gasteiger charge is 2.03. The van der Waals surface area contributed by atoms with Gasteiger partial charge in [-0.15, -0.1) is 0 Å². The molecule has 0 bridgehead atoms. The molecule has 4 nitrogen and oxygen atoms in total. The van der Waals surface area contributed by atoms with Crippen LogP contribution in [0.25, 0.3) is 0 Å². The van der Waals surface area contributed by atoms with Gasteiger partial charge in [-0.2, -0.15) is 0 Å². The fraction of sp³-hybridized carbons (Fsp3) is 0.364. The van der Waals surface area contributed by atoms with Gasteiger partial charge in [-0.05, 0) is 24.1 Å². The summed E-state index contributed by atoms with van der Waals surface area (Å²) in [4.78, 5) is 11.1. The lowest BCUT2D eigenvalue weighted by Crippen LogP contribution is -2.26. The summed E-state index contributed by atoms with van der Waals surface area (Å²) in [5.41, 5.74) is 8.53. The molecule has 0 spiro atoms. The van der Waals surface area contributed by atoms with Gasteiger partial charge in [0, 0.05) is 19.3 Å². The van der Waals surface area contributed by atoms with Gasteiger partial charge in [-0.25, -0.2) is 0 Å². The van der Waals surface area contributed by atoms with Gasteiger partial charge in [0.1, 0.15) is 6.61 Å². The van der Waals surface area contributed by atoms with Crippen LogP contribution in [0.5, 0.6) is 0 Å². The number of ether oxygens (including phenoxy) is 1. The van der Waals surface area contributed by atoms with E-state index in [0.717, 1.165) is 16.8 Å². The first kappa shape index (κ1) is 11.5. The molecular weight excluding hydrogens is 192 g/mol. The van der Waals surface area contributed by atoms with E-state index >= 15 is 0 Å². The van der Waals surface area contributed by atoms with Gasteiger partial charge in [-0.1, -0.05) is 12.1 Å². The van der Waals surface area contributed by atoms with Gasteiger partial charge >= 0.3 is 0 Å². The van der Waals surface area contributed by atoms with E-state index in [1.807, 2.05) is 25.1 Å². The summed E-state index contributed by atoms with van der Waals surface area (Å²) >= 11 is 0. The van der Waals surface area contributed by atoms with Crippen LogP contribution in [0.2, 0.25) is 0 Å². The standard InChI is InChI=1S/C11H16N2O2/c1-8-9(4-3-5-10(8)12)6-13-11(14)7-15-2/h3-5H,6-7,12H2,1-2H3,(H,13,14). The van der Waals surface area contributed by atoms with Gasteiger partial charge in [0.15, 0.2) is 0 Å². The molecule has 1 aromatic carbocycles. The number of nitrogens with two attached hydrogens (primary N) is 1. The molecule has 4 heteroatoms. The molecule has 0 atom stereocenters. The summed E-state index contributed by atoms with van der Waals surface area (Å²) in [5.74, 6) is -0.126. The third-order valence-electron chi connectivity index (χ3n) is 2.24. The minimum Gasteiger partial charge on any atom is -0.399 e. The molecule has 0 heterocycles. The Morgan fingerprint density at radius 3 is 2.93 bits per heavy atom. The molecule has 0 saturated carbocycles. The summed E-state index contributed by atoms with van der Waals surface area (Å²) in [5, 5.41) is 2.75. The van der Waals surface area contributed by atoms with Gasteiger partial charge in [-0.3, -0.25) is 4.79 Å². The Morgan fingerprint density at radius 2 is 2.27 bits per heavy atom. The van der Waals surface area contributed by atoms with Crippen molar-refractivity contribution < 1.29 is 9.53 Å². The average molecular weight is 208 g/mol. The largest absolute Gasteiger partial charge is 0.399 e. The van der Waals surface area contributed by atoms with E-state index in [-0.39, 0.29) is 12.5 Å². The van der Waals surface area contributed by atoms with Crippen LogP contribution >= 0.6 is 0 Å². The minimum atomic E-state index is -0.126. The third-order valence-corrected chi connectivity index (χ3v) is 2.24. The Balaban J connectivity index is 2.58. The number of hydrogen-bond acceptors (Lipinski definition) is 3. The van der Waals surface area contributed by atoms with Gasteiger partial charge in [0.25, 0.3) is 0 Å². The van der Waals surface area contributed by atoms with Crippen LogP contribution < -0.4 is 11.1 Å². The SMILES string of the molecule is COCC(=O)NCc1cccc(N)c1C. The minimum absolute atomic E-state index is 0.0847. The number of nitrogens with one attached hydrogen (secondary N) is 1. The molecule has 0 aliphatic carbocycles. The lowest BCUT2D eigenvalue weighted by Gasteiger charge is -2.09. The molecule has 0 radical (unpaired) electrons. The fourth-order valence-corrected chi connectivity index (χ4v) is 1.27. The highest BCUT2D eigenvalue weighted by Crippen LogP contribution is 2.14. The smallest absolute Gasteiger partial charge is 0.246 e. The van der Waals surface area contributed by atoms with Crippen molar-refractivity contribution in [3.05, 3.63) is 29.3 Å². The number of carbonyl (C=O) groups excluding carboxylic acids is 1. The maximum absolute atomic E-state index is 11.1. The summed E-state index contributed by atoms with van der Waals surface area (Å²) < 4.78 is 4.71. The fourth-order valence-electron chi connectivity index (χ4n) is 1.27. The summed E-state index contributed by atoms with van der Waals surface area (Å²) in [6.07, 6.45) is 0. The third kappa shape index (κ3) is 3.25. The van der Waals surface area contributed by atoms with E-state index in [9.17, 15) is 4.79 Å². The van der Waals surface area contributed by atoms with Crippen molar-refractivity contribution in [2.45, 2.75) is 13.5 Å². The Kier molecular flexibility index (Phi) is 4.12. The summed E-state index contributed by atoms with van der Waals surface area (Å²) in [7, 11) is 1.49. The van der Waals surface area contributed by atoms with Crippen molar-refractivity contribution in [1.82, 2.24) is 5.32 Å². The number of hydrogen-bond donors (Lipinski definition) is 2. The zero-order valence-corrected chi connectivity index (χ0v) is 9.04. The molecule has 0 saturated heterocycles. The zero-order chi connectivity index (χ0) is 11.3. The van der Waals surface area contributed by atoms with Crippen molar-refractivity contribution >= 4 is 11.6 Å². The quantitative estimate of drug-likeness (QED) is 0.721. The second kappa shape index (κ2) is 5.36. The molecular formula is C11H16N2O2. The van der Waals surface area contributed by atoms with Crippen molar-refractivity contribution in [1.29, 1.82) is 0 Å². The first-order valence-electron chi connectivity index (χ1n) is 4.74. The maximum atomic E-state index is 11.1. The van der Waals surface area contributed by atoms with Crippen LogP contribution in [0.4, 0.5) is 5.69 Å². The number of rotatable bonds is 4. The number of benzene rings is 1. The number of amides is 1. The molecule has 0 aromatic heterocycles. The van der Waals surface area contributed by atoms with Gasteiger partial charge in [0.05, 0.1) is 0 Å². The highest BCUT2D eigenvalue weighted by molar-refractivity contribution is 5.77. The normalized spacial score (nSPS) is 10.0. The number of nitrogen functional groups attached to an aromatic ring is 1. The zero-order valence-electron chi connectivity index (χ0n) is 9.04. The average Bonchev–Trinajstić information content (AvgIpc) is 2.21. The van der Waals surface area contributed by atoms with Crippen molar-refractivity contribution in [3.63, 3.8) is 0 Å². The highest BCUT2D eigenvalue weighted by atomic mass is 16.5. The van der Waals surface area contributed by atoms with E-state index in [1.165, 1.54) is 7.11 Å². The molecule has 1 rings (SSSR count). The van der Waals surface area contributed by atoms with E-state index in [4.69, 9.17) is 10.5 Å². The lowest BCUT2D eigenvalue weighted by molar-refractivity contribution is -0.124. The molecule has 0 aliphatic heterocycles. The predicted molar refractivity (Wildman–Crippen MR) is 59.3 cm³/mol. The molecule has 1 aromatic rings. The second-order valence-electron chi connectivity index (χ2n) is 3.34. The Labute approximate surface area is 89.4 Å². The Hall–Kier alpha value is -1.55. The number of anilines is 1. The molecule has 3 N–H and O–H groups in total. The number of methoxy groups -OCH3 is 1. The van der Waals surface area contributed by atoms with E-state index in [1.54, 1.807) is 0 Å². The Morgan fingerprint density at radius 1 is 1.53 bits per heavy atom. The van der Waals surface area contributed by atoms with Crippen molar-refractivity contribution in [3.8, 4) is 0 Å². The second-order valence-corrected chi connectivity index (χ2v) is 3.34. The predicted octanol–water partition coefficient (Wildman–Crippen LogP) is 0.840. The van der Waals surface area contributed by atoms with Gasteiger partial charge in [0.2, 0.25) is 5.91 Å². The Bertz CT molecular complexity index is 350. The maximum Gasteiger partial charge on any atom is 0.246 e. The van der Waals surface area contributed by atoms with Crippen LogP contribution in [0.3, 0.4) is 0 Å². The summed E-state index contributed by atoms with van der Waals surface area (Å²) in [6, 6.07) is 5.66. The van der Waals surface area contributed by atoms with Crippen LogP contribution in [0, 0.1) is 6.92 Å². The monoisotopic (exact) mass is 208 g/mol. The summed E-state index contributed by atoms with van der Waals surface area (Å²) in [6.45, 7) is 2.51. The molecule has 82 valence electrons. The van der Waals surface area contributed by atoms with Crippen LogP contribution in [0.15, 0.2) is 18.2 Å². The molecule has 0 aliphatic rings. The first-order chi connectivity index (χ1) is 7.15. The first-order valence-corrected chi connectivity index (χ1v) is 4.74. The van der Waals surface area contributed by atoms with Crippen LogP contribution in [-0.4, -0.2) is 19.6 Å².